The van der Waals surface area contributed by atoms with Crippen LogP contribution in [0.2, 0.25) is 0 Å². The Hall–Kier alpha value is -2.66. The summed E-state index contributed by atoms with van der Waals surface area (Å²) in [5.74, 6) is -1.23. The van der Waals surface area contributed by atoms with Crippen molar-refractivity contribution < 1.29 is 14.3 Å². The van der Waals surface area contributed by atoms with Crippen molar-refractivity contribution in [3.8, 4) is 0 Å². The third-order valence-corrected chi connectivity index (χ3v) is 5.20. The predicted octanol–water partition coefficient (Wildman–Crippen LogP) is 4.17. The van der Waals surface area contributed by atoms with Crippen molar-refractivity contribution in [2.75, 3.05) is 0 Å². The van der Waals surface area contributed by atoms with E-state index in [1.165, 1.54) is 18.6 Å². The fourth-order valence-corrected chi connectivity index (χ4v) is 3.59. The van der Waals surface area contributed by atoms with E-state index in [2.05, 4.69) is 5.32 Å². The molecule has 5 heteroatoms. The molecule has 1 fully saturated rings. The number of carbonyl (C=O) groups is 1. The number of carboxylic acid groups (broad SMARTS) is 1. The number of nitrogens with one attached hydrogen (secondary N) is 1. The lowest BCUT2D eigenvalue weighted by molar-refractivity contribution is 0.0684. The van der Waals surface area contributed by atoms with Gasteiger partial charge in [-0.05, 0) is 36.6 Å². The molecule has 0 amide bonds. The summed E-state index contributed by atoms with van der Waals surface area (Å²) in [4.78, 5) is 12.1. The number of para-hydroxylation sites is 1. The van der Waals surface area contributed by atoms with Gasteiger partial charge in [-0.15, -0.1) is 0 Å². The molecule has 0 atom stereocenters. The molecule has 0 spiro atoms. The molecule has 1 aliphatic carbocycles. The standard InChI is InChI=1S/C21H21FN2O2/c22-15-10-8-14(9-11-15)13-24-19-7-2-1-6-17(19)18(20(24)21(25)26)12-23-16-4-3-5-16/h1-2,6-11,16,23H,3-5,12-13H2,(H,25,26). The second kappa shape index (κ2) is 6.92. The summed E-state index contributed by atoms with van der Waals surface area (Å²) in [6.45, 7) is 0.940. The minimum atomic E-state index is -0.936. The van der Waals surface area contributed by atoms with Crippen LogP contribution in [-0.2, 0) is 13.1 Å². The monoisotopic (exact) mass is 352 g/mol. The van der Waals surface area contributed by atoms with Crippen LogP contribution in [0, 0.1) is 5.82 Å². The average molecular weight is 352 g/mol. The van der Waals surface area contributed by atoms with Gasteiger partial charge in [0.25, 0.3) is 0 Å². The molecule has 26 heavy (non-hydrogen) atoms. The Balaban J connectivity index is 1.78. The fraction of sp³-hybridized carbons (Fsp3) is 0.286. The summed E-state index contributed by atoms with van der Waals surface area (Å²) >= 11 is 0. The molecular weight excluding hydrogens is 331 g/mol. The highest BCUT2D eigenvalue weighted by atomic mass is 19.1. The second-order valence-corrected chi connectivity index (χ2v) is 6.87. The lowest BCUT2D eigenvalue weighted by Gasteiger charge is -2.26. The number of benzene rings is 2. The van der Waals surface area contributed by atoms with E-state index < -0.39 is 5.97 Å². The fourth-order valence-electron chi connectivity index (χ4n) is 3.59. The van der Waals surface area contributed by atoms with Crippen LogP contribution in [0.15, 0.2) is 48.5 Å². The van der Waals surface area contributed by atoms with E-state index in [4.69, 9.17) is 0 Å². The van der Waals surface area contributed by atoms with E-state index in [1.54, 1.807) is 12.1 Å². The molecule has 0 saturated heterocycles. The minimum absolute atomic E-state index is 0.296. The van der Waals surface area contributed by atoms with Gasteiger partial charge >= 0.3 is 5.97 Å². The molecule has 4 nitrogen and oxygen atoms in total. The van der Waals surface area contributed by atoms with Gasteiger partial charge in [0.2, 0.25) is 0 Å². The van der Waals surface area contributed by atoms with Crippen LogP contribution in [0.5, 0.6) is 0 Å². The van der Waals surface area contributed by atoms with Crippen LogP contribution in [0.1, 0.15) is 40.9 Å². The Kier molecular flexibility index (Phi) is 4.47. The van der Waals surface area contributed by atoms with E-state index in [1.807, 2.05) is 28.8 Å². The topological polar surface area (TPSA) is 54.3 Å². The maximum Gasteiger partial charge on any atom is 0.352 e. The molecule has 0 aliphatic heterocycles. The number of rotatable bonds is 6. The quantitative estimate of drug-likeness (QED) is 0.700. The Bertz CT molecular complexity index is 943. The number of nitrogens with zero attached hydrogens (tertiary/aromatic N) is 1. The Labute approximate surface area is 151 Å². The molecule has 134 valence electrons. The highest BCUT2D eigenvalue weighted by molar-refractivity contribution is 5.98. The third kappa shape index (κ3) is 3.10. The Morgan fingerprint density at radius 1 is 1.15 bits per heavy atom. The summed E-state index contributed by atoms with van der Waals surface area (Å²) in [6.07, 6.45) is 3.53. The molecule has 4 rings (SSSR count). The molecule has 0 unspecified atom stereocenters. The minimum Gasteiger partial charge on any atom is -0.477 e. The van der Waals surface area contributed by atoms with Crippen molar-refractivity contribution in [3.05, 3.63) is 71.2 Å². The number of fused-ring (bicyclic) bond motifs is 1. The number of aromatic carboxylic acids is 1. The van der Waals surface area contributed by atoms with Gasteiger partial charge in [-0.2, -0.15) is 0 Å². The maximum atomic E-state index is 13.2. The van der Waals surface area contributed by atoms with Gasteiger partial charge in [0.15, 0.2) is 0 Å². The summed E-state index contributed by atoms with van der Waals surface area (Å²) in [5, 5.41) is 14.3. The first kappa shape index (κ1) is 16.8. The van der Waals surface area contributed by atoms with Crippen molar-refractivity contribution in [2.45, 2.75) is 38.4 Å². The van der Waals surface area contributed by atoms with Gasteiger partial charge in [-0.25, -0.2) is 9.18 Å². The predicted molar refractivity (Wildman–Crippen MR) is 98.9 cm³/mol. The van der Waals surface area contributed by atoms with Crippen LogP contribution in [-0.4, -0.2) is 21.7 Å². The van der Waals surface area contributed by atoms with E-state index in [0.29, 0.717) is 24.8 Å². The first-order chi connectivity index (χ1) is 12.6. The van der Waals surface area contributed by atoms with Crippen molar-refractivity contribution in [1.82, 2.24) is 9.88 Å². The molecule has 1 aliphatic rings. The van der Waals surface area contributed by atoms with E-state index in [9.17, 15) is 14.3 Å². The van der Waals surface area contributed by atoms with Crippen molar-refractivity contribution >= 4 is 16.9 Å². The molecule has 3 aromatic rings. The van der Waals surface area contributed by atoms with Gasteiger partial charge in [-0.1, -0.05) is 36.8 Å². The zero-order chi connectivity index (χ0) is 18.1. The Morgan fingerprint density at radius 3 is 2.54 bits per heavy atom. The van der Waals surface area contributed by atoms with Gasteiger partial charge in [0.1, 0.15) is 11.5 Å². The lowest BCUT2D eigenvalue weighted by atomic mass is 9.93. The highest BCUT2D eigenvalue weighted by Gasteiger charge is 2.24. The normalized spacial score (nSPS) is 14.5. The first-order valence-corrected chi connectivity index (χ1v) is 8.94. The highest BCUT2D eigenvalue weighted by Crippen LogP contribution is 2.28. The number of aromatic nitrogens is 1. The molecule has 1 aromatic heterocycles. The molecule has 0 radical (unpaired) electrons. The zero-order valence-corrected chi connectivity index (χ0v) is 14.4. The third-order valence-electron chi connectivity index (χ3n) is 5.20. The average Bonchev–Trinajstić information content (AvgIpc) is 2.90. The lowest BCUT2D eigenvalue weighted by Crippen LogP contribution is -2.34. The number of halogens is 1. The van der Waals surface area contributed by atoms with Crippen molar-refractivity contribution in [3.63, 3.8) is 0 Å². The largest absolute Gasteiger partial charge is 0.477 e. The molecule has 1 heterocycles. The Morgan fingerprint density at radius 2 is 1.88 bits per heavy atom. The smallest absolute Gasteiger partial charge is 0.352 e. The van der Waals surface area contributed by atoms with Crippen LogP contribution in [0.4, 0.5) is 4.39 Å². The van der Waals surface area contributed by atoms with Gasteiger partial charge in [-0.3, -0.25) is 0 Å². The first-order valence-electron chi connectivity index (χ1n) is 8.94. The van der Waals surface area contributed by atoms with E-state index in [0.717, 1.165) is 34.9 Å². The second-order valence-electron chi connectivity index (χ2n) is 6.87. The summed E-state index contributed by atoms with van der Waals surface area (Å²) in [7, 11) is 0. The van der Waals surface area contributed by atoms with E-state index >= 15 is 0 Å². The summed E-state index contributed by atoms with van der Waals surface area (Å²) in [5.41, 5.74) is 2.89. The summed E-state index contributed by atoms with van der Waals surface area (Å²) in [6, 6.07) is 14.4. The van der Waals surface area contributed by atoms with Crippen LogP contribution >= 0.6 is 0 Å². The number of carboxylic acids is 1. The molecule has 1 saturated carbocycles. The summed E-state index contributed by atoms with van der Waals surface area (Å²) < 4.78 is 15.0. The van der Waals surface area contributed by atoms with Gasteiger partial charge in [0.05, 0.1) is 0 Å². The zero-order valence-electron chi connectivity index (χ0n) is 14.4. The van der Waals surface area contributed by atoms with Crippen LogP contribution < -0.4 is 5.32 Å². The molecular formula is C21H21FN2O2. The van der Waals surface area contributed by atoms with Crippen molar-refractivity contribution in [1.29, 1.82) is 0 Å². The van der Waals surface area contributed by atoms with Gasteiger partial charge < -0.3 is 15.0 Å². The SMILES string of the molecule is O=C(O)c1c(CNC2CCC2)c2ccccc2n1Cc1ccc(F)cc1. The molecule has 2 N–H and O–H groups in total. The van der Waals surface area contributed by atoms with Crippen LogP contribution in [0.25, 0.3) is 10.9 Å². The number of hydrogen-bond donors (Lipinski definition) is 2. The maximum absolute atomic E-state index is 13.2. The van der Waals surface area contributed by atoms with Gasteiger partial charge in [0, 0.05) is 35.6 Å². The molecule has 2 aromatic carbocycles. The van der Waals surface area contributed by atoms with Crippen molar-refractivity contribution in [2.24, 2.45) is 0 Å². The van der Waals surface area contributed by atoms with Crippen LogP contribution in [0.3, 0.4) is 0 Å². The van der Waals surface area contributed by atoms with E-state index in [-0.39, 0.29) is 5.82 Å². The number of hydrogen-bond acceptors (Lipinski definition) is 2. The molecule has 0 bridgehead atoms.